The first-order valence-corrected chi connectivity index (χ1v) is 10.3. The SMILES string of the molecule is COc1cc([N+](=O)[O-])cc(CN2CCCn3cccc3[C@@H]2c2ccc(C(F)(F)F)cc2)c1O. The number of benzene rings is 2. The molecule has 0 amide bonds. The monoisotopic (exact) mass is 461 g/mol. The Kier molecular flexibility index (Phi) is 6.03. The number of methoxy groups -OCH3 is 1. The van der Waals surface area contributed by atoms with Crippen LogP contribution in [-0.2, 0) is 19.3 Å². The number of aryl methyl sites for hydroxylation is 1. The normalized spacial score (nSPS) is 16.8. The number of aromatic nitrogens is 1. The summed E-state index contributed by atoms with van der Waals surface area (Å²) < 4.78 is 46.4. The van der Waals surface area contributed by atoms with E-state index in [1.165, 1.54) is 25.3 Å². The minimum atomic E-state index is -4.44. The summed E-state index contributed by atoms with van der Waals surface area (Å²) >= 11 is 0. The molecule has 7 nitrogen and oxygen atoms in total. The Bertz CT molecular complexity index is 1160. The van der Waals surface area contributed by atoms with Crippen molar-refractivity contribution in [2.24, 2.45) is 0 Å². The molecule has 0 saturated carbocycles. The molecule has 2 aromatic carbocycles. The molecule has 0 radical (unpaired) electrons. The fourth-order valence-electron chi connectivity index (χ4n) is 4.30. The first-order valence-electron chi connectivity index (χ1n) is 10.3. The van der Waals surface area contributed by atoms with Gasteiger partial charge < -0.3 is 14.4 Å². The minimum absolute atomic E-state index is 0.0107. The Morgan fingerprint density at radius 3 is 2.55 bits per heavy atom. The highest BCUT2D eigenvalue weighted by atomic mass is 19.4. The van der Waals surface area contributed by atoms with Gasteiger partial charge in [-0.05, 0) is 36.2 Å². The molecular weight excluding hydrogens is 439 g/mol. The molecular formula is C23H22F3N3O4. The Morgan fingerprint density at radius 1 is 1.18 bits per heavy atom. The van der Waals surface area contributed by atoms with Crippen molar-refractivity contribution in [3.8, 4) is 11.5 Å². The molecule has 33 heavy (non-hydrogen) atoms. The van der Waals surface area contributed by atoms with Crippen LogP contribution in [-0.4, -0.2) is 33.2 Å². The number of non-ortho nitro benzene ring substituents is 1. The third-order valence-corrected chi connectivity index (χ3v) is 5.85. The maximum Gasteiger partial charge on any atom is 0.416 e. The Balaban J connectivity index is 1.77. The number of ether oxygens (including phenoxy) is 1. The number of fused-ring (bicyclic) bond motifs is 1. The van der Waals surface area contributed by atoms with Crippen molar-refractivity contribution in [1.29, 1.82) is 0 Å². The number of hydrogen-bond donors (Lipinski definition) is 1. The number of aromatic hydroxyl groups is 1. The molecule has 1 atom stereocenters. The van der Waals surface area contributed by atoms with Gasteiger partial charge in [0.25, 0.3) is 5.69 Å². The van der Waals surface area contributed by atoms with Gasteiger partial charge in [-0.3, -0.25) is 15.0 Å². The zero-order valence-electron chi connectivity index (χ0n) is 17.7. The second-order valence-corrected chi connectivity index (χ2v) is 7.89. The molecule has 174 valence electrons. The van der Waals surface area contributed by atoms with Crippen molar-refractivity contribution in [1.82, 2.24) is 9.47 Å². The van der Waals surface area contributed by atoms with Crippen LogP contribution in [0.5, 0.6) is 11.5 Å². The van der Waals surface area contributed by atoms with Crippen LogP contribution in [0.25, 0.3) is 0 Å². The van der Waals surface area contributed by atoms with Crippen LogP contribution < -0.4 is 4.74 Å². The van der Waals surface area contributed by atoms with E-state index in [9.17, 15) is 28.4 Å². The molecule has 0 unspecified atom stereocenters. The molecule has 2 heterocycles. The van der Waals surface area contributed by atoms with E-state index in [0.29, 0.717) is 17.7 Å². The maximum atomic E-state index is 13.1. The van der Waals surface area contributed by atoms with E-state index < -0.39 is 22.7 Å². The Hall–Kier alpha value is -3.53. The van der Waals surface area contributed by atoms with Gasteiger partial charge in [0.15, 0.2) is 11.5 Å². The Morgan fingerprint density at radius 2 is 1.91 bits per heavy atom. The van der Waals surface area contributed by atoms with Crippen LogP contribution in [0.4, 0.5) is 18.9 Å². The number of alkyl halides is 3. The third-order valence-electron chi connectivity index (χ3n) is 5.85. The van der Waals surface area contributed by atoms with Crippen molar-refractivity contribution < 1.29 is 27.9 Å². The second kappa shape index (κ2) is 8.78. The van der Waals surface area contributed by atoms with Crippen molar-refractivity contribution in [3.05, 3.63) is 87.2 Å². The molecule has 4 rings (SSSR count). The van der Waals surface area contributed by atoms with Gasteiger partial charge >= 0.3 is 6.18 Å². The van der Waals surface area contributed by atoms with Gasteiger partial charge in [-0.25, -0.2) is 0 Å². The summed E-state index contributed by atoms with van der Waals surface area (Å²) in [5, 5.41) is 22.0. The maximum absolute atomic E-state index is 13.1. The zero-order valence-corrected chi connectivity index (χ0v) is 17.7. The predicted octanol–water partition coefficient (Wildman–Crippen LogP) is 5.12. The number of nitrogens with zero attached hydrogens (tertiary/aromatic N) is 3. The van der Waals surface area contributed by atoms with Crippen LogP contribution in [0.3, 0.4) is 0 Å². The van der Waals surface area contributed by atoms with Crippen molar-refractivity contribution in [2.75, 3.05) is 13.7 Å². The number of hydrogen-bond acceptors (Lipinski definition) is 5. The highest BCUT2D eigenvalue weighted by Gasteiger charge is 2.32. The fraction of sp³-hybridized carbons (Fsp3) is 0.304. The van der Waals surface area contributed by atoms with Gasteiger partial charge in [0.05, 0.1) is 29.7 Å². The topological polar surface area (TPSA) is 80.8 Å². The van der Waals surface area contributed by atoms with Crippen molar-refractivity contribution in [2.45, 2.75) is 31.7 Å². The third kappa shape index (κ3) is 4.51. The first-order chi connectivity index (χ1) is 15.7. The summed E-state index contributed by atoms with van der Waals surface area (Å²) in [6, 6.07) is 10.9. The molecule has 0 saturated heterocycles. The number of phenols is 1. The Labute approximate surface area is 187 Å². The van der Waals surface area contributed by atoms with Crippen LogP contribution in [0, 0.1) is 10.1 Å². The molecule has 0 aliphatic carbocycles. The van der Waals surface area contributed by atoms with E-state index in [1.807, 2.05) is 23.2 Å². The number of nitro benzene ring substituents is 1. The smallest absolute Gasteiger partial charge is 0.416 e. The number of phenolic OH excluding ortho intramolecular Hbond substituents is 1. The lowest BCUT2D eigenvalue weighted by Gasteiger charge is -2.31. The fourth-order valence-corrected chi connectivity index (χ4v) is 4.30. The lowest BCUT2D eigenvalue weighted by Crippen LogP contribution is -2.29. The predicted molar refractivity (Wildman–Crippen MR) is 114 cm³/mol. The lowest BCUT2D eigenvalue weighted by atomic mass is 9.99. The van der Waals surface area contributed by atoms with Gasteiger partial charge in [0.2, 0.25) is 0 Å². The molecule has 0 bridgehead atoms. The molecule has 1 N–H and O–H groups in total. The van der Waals surface area contributed by atoms with Gasteiger partial charge in [0, 0.05) is 43.2 Å². The van der Waals surface area contributed by atoms with Crippen molar-refractivity contribution in [3.63, 3.8) is 0 Å². The van der Waals surface area contributed by atoms with E-state index in [1.54, 1.807) is 0 Å². The van der Waals surface area contributed by atoms with E-state index in [0.717, 1.165) is 36.9 Å². The van der Waals surface area contributed by atoms with E-state index >= 15 is 0 Å². The van der Waals surface area contributed by atoms with Crippen LogP contribution in [0.15, 0.2) is 54.7 Å². The van der Waals surface area contributed by atoms with Gasteiger partial charge in [-0.15, -0.1) is 0 Å². The summed E-state index contributed by atoms with van der Waals surface area (Å²) in [6.45, 7) is 1.43. The van der Waals surface area contributed by atoms with Crippen LogP contribution in [0.1, 0.15) is 34.8 Å². The highest BCUT2D eigenvalue weighted by molar-refractivity contribution is 5.53. The van der Waals surface area contributed by atoms with Gasteiger partial charge in [0.1, 0.15) is 0 Å². The number of rotatable bonds is 5. The summed E-state index contributed by atoms with van der Waals surface area (Å²) in [6.07, 6.45) is -1.76. The molecule has 0 spiro atoms. The van der Waals surface area contributed by atoms with E-state index in [2.05, 4.69) is 4.57 Å². The summed E-state index contributed by atoms with van der Waals surface area (Å²) in [5.41, 5.74) is 0.899. The summed E-state index contributed by atoms with van der Waals surface area (Å²) in [4.78, 5) is 12.8. The zero-order chi connectivity index (χ0) is 23.8. The molecule has 1 aliphatic heterocycles. The molecule has 0 fully saturated rings. The highest BCUT2D eigenvalue weighted by Crippen LogP contribution is 2.39. The van der Waals surface area contributed by atoms with Crippen LogP contribution >= 0.6 is 0 Å². The molecule has 10 heteroatoms. The standard InChI is InChI=1S/C23H22F3N3O4/c1-33-20-13-18(29(31)32)12-16(22(20)30)14-28-11-3-10-27-9-2-4-19(27)21(28)15-5-7-17(8-6-15)23(24,25)26/h2,4-9,12-13,21,30H,3,10-11,14H2,1H3/t21-/m0/s1. The average molecular weight is 461 g/mol. The van der Waals surface area contributed by atoms with E-state index in [-0.39, 0.29) is 23.7 Å². The molecule has 3 aromatic rings. The van der Waals surface area contributed by atoms with E-state index in [4.69, 9.17) is 4.74 Å². The second-order valence-electron chi connectivity index (χ2n) is 7.89. The van der Waals surface area contributed by atoms with Gasteiger partial charge in [-0.2, -0.15) is 13.2 Å². The largest absolute Gasteiger partial charge is 0.504 e. The first kappa shape index (κ1) is 22.7. The summed E-state index contributed by atoms with van der Waals surface area (Å²) in [7, 11) is 1.31. The number of halogens is 3. The minimum Gasteiger partial charge on any atom is -0.504 e. The van der Waals surface area contributed by atoms with Gasteiger partial charge in [-0.1, -0.05) is 12.1 Å². The summed E-state index contributed by atoms with van der Waals surface area (Å²) in [5.74, 6) is -0.211. The number of nitro groups is 1. The van der Waals surface area contributed by atoms with Crippen LogP contribution in [0.2, 0.25) is 0 Å². The quantitative estimate of drug-likeness (QED) is 0.421. The van der Waals surface area contributed by atoms with Crippen molar-refractivity contribution >= 4 is 5.69 Å². The average Bonchev–Trinajstić information content (AvgIpc) is 3.15. The molecule has 1 aromatic heterocycles. The molecule has 1 aliphatic rings. The lowest BCUT2D eigenvalue weighted by molar-refractivity contribution is -0.385.